The first-order valence-corrected chi connectivity index (χ1v) is 9.62. The standard InChI is InChI=1S/C22H19FN2OS/c23-19-7-5-18(6-8-19)22-10-9-20(26-22)15-25(16-21-4-2-12-27-21)14-17-3-1-11-24-13-17/h1-13H,14-16H2. The molecule has 0 radical (unpaired) electrons. The molecule has 3 aromatic heterocycles. The average Bonchev–Trinajstić information content (AvgIpc) is 3.35. The molecular weight excluding hydrogens is 359 g/mol. The molecule has 0 aliphatic carbocycles. The molecule has 0 aliphatic rings. The van der Waals surface area contributed by atoms with Crippen molar-refractivity contribution in [2.24, 2.45) is 0 Å². The monoisotopic (exact) mass is 378 g/mol. The molecule has 3 heterocycles. The van der Waals surface area contributed by atoms with Crippen molar-refractivity contribution >= 4 is 11.3 Å². The summed E-state index contributed by atoms with van der Waals surface area (Å²) in [6, 6.07) is 18.5. The van der Waals surface area contributed by atoms with Crippen LogP contribution in [0.3, 0.4) is 0 Å². The molecule has 0 bridgehead atoms. The SMILES string of the molecule is Fc1ccc(-c2ccc(CN(Cc3cccnc3)Cc3cccs3)o2)cc1. The van der Waals surface area contributed by atoms with Crippen LogP contribution in [0.25, 0.3) is 11.3 Å². The minimum Gasteiger partial charge on any atom is -0.460 e. The van der Waals surface area contributed by atoms with E-state index in [9.17, 15) is 4.39 Å². The maximum absolute atomic E-state index is 13.1. The third kappa shape index (κ3) is 4.70. The van der Waals surface area contributed by atoms with Gasteiger partial charge in [0, 0.05) is 35.9 Å². The number of furan rings is 1. The molecule has 5 heteroatoms. The van der Waals surface area contributed by atoms with E-state index in [1.807, 2.05) is 24.4 Å². The van der Waals surface area contributed by atoms with Gasteiger partial charge in [-0.2, -0.15) is 0 Å². The minimum absolute atomic E-state index is 0.246. The molecule has 0 fully saturated rings. The molecule has 1 aromatic carbocycles. The van der Waals surface area contributed by atoms with E-state index in [0.29, 0.717) is 6.54 Å². The summed E-state index contributed by atoms with van der Waals surface area (Å²) < 4.78 is 19.1. The van der Waals surface area contributed by atoms with Gasteiger partial charge in [0.05, 0.1) is 6.54 Å². The predicted molar refractivity (Wildman–Crippen MR) is 106 cm³/mol. The van der Waals surface area contributed by atoms with E-state index in [1.165, 1.54) is 22.6 Å². The summed E-state index contributed by atoms with van der Waals surface area (Å²) in [6.07, 6.45) is 3.68. The fraction of sp³-hybridized carbons (Fsp3) is 0.136. The summed E-state index contributed by atoms with van der Waals surface area (Å²) in [5, 5.41) is 2.09. The molecule has 0 saturated heterocycles. The fourth-order valence-corrected chi connectivity index (χ4v) is 3.74. The van der Waals surface area contributed by atoms with Crippen molar-refractivity contribution in [3.63, 3.8) is 0 Å². The smallest absolute Gasteiger partial charge is 0.134 e. The number of hydrogen-bond acceptors (Lipinski definition) is 4. The minimum atomic E-state index is -0.246. The van der Waals surface area contributed by atoms with Crippen LogP contribution in [0.1, 0.15) is 16.2 Å². The number of rotatable bonds is 7. The van der Waals surface area contributed by atoms with E-state index in [0.717, 1.165) is 30.2 Å². The van der Waals surface area contributed by atoms with Crippen LogP contribution in [-0.4, -0.2) is 9.88 Å². The first-order valence-electron chi connectivity index (χ1n) is 8.74. The van der Waals surface area contributed by atoms with Crippen molar-refractivity contribution < 1.29 is 8.81 Å². The lowest BCUT2D eigenvalue weighted by molar-refractivity contribution is 0.229. The quantitative estimate of drug-likeness (QED) is 0.410. The fourth-order valence-electron chi connectivity index (χ4n) is 2.99. The van der Waals surface area contributed by atoms with Gasteiger partial charge in [-0.3, -0.25) is 9.88 Å². The summed E-state index contributed by atoms with van der Waals surface area (Å²) in [4.78, 5) is 7.85. The van der Waals surface area contributed by atoms with Crippen LogP contribution in [0.4, 0.5) is 4.39 Å². The van der Waals surface area contributed by atoms with Crippen LogP contribution in [0.2, 0.25) is 0 Å². The Hall–Kier alpha value is -2.76. The molecule has 0 spiro atoms. The Morgan fingerprint density at radius 3 is 2.56 bits per heavy atom. The molecule has 136 valence electrons. The second-order valence-electron chi connectivity index (χ2n) is 6.36. The van der Waals surface area contributed by atoms with Crippen molar-refractivity contribution in [1.82, 2.24) is 9.88 Å². The molecule has 0 unspecified atom stereocenters. The zero-order chi connectivity index (χ0) is 18.5. The maximum atomic E-state index is 13.1. The second kappa shape index (κ2) is 8.29. The van der Waals surface area contributed by atoms with E-state index in [4.69, 9.17) is 4.42 Å². The van der Waals surface area contributed by atoms with Crippen molar-refractivity contribution in [2.75, 3.05) is 0 Å². The van der Waals surface area contributed by atoms with Gasteiger partial charge in [0.15, 0.2) is 0 Å². The zero-order valence-corrected chi connectivity index (χ0v) is 15.5. The van der Waals surface area contributed by atoms with Crippen molar-refractivity contribution in [1.29, 1.82) is 0 Å². The van der Waals surface area contributed by atoms with Gasteiger partial charge in [0.25, 0.3) is 0 Å². The number of aromatic nitrogens is 1. The summed E-state index contributed by atoms with van der Waals surface area (Å²) >= 11 is 1.75. The summed E-state index contributed by atoms with van der Waals surface area (Å²) in [6.45, 7) is 2.32. The van der Waals surface area contributed by atoms with E-state index in [2.05, 4.69) is 33.5 Å². The van der Waals surface area contributed by atoms with Crippen LogP contribution in [0.5, 0.6) is 0 Å². The number of benzene rings is 1. The predicted octanol–water partition coefficient (Wildman–Crippen LogP) is 5.74. The Morgan fingerprint density at radius 2 is 1.81 bits per heavy atom. The van der Waals surface area contributed by atoms with Crippen LogP contribution in [0, 0.1) is 5.82 Å². The van der Waals surface area contributed by atoms with Gasteiger partial charge in [0.1, 0.15) is 17.3 Å². The highest BCUT2D eigenvalue weighted by Gasteiger charge is 2.13. The summed E-state index contributed by atoms with van der Waals surface area (Å²) in [7, 11) is 0. The average molecular weight is 378 g/mol. The Kier molecular flexibility index (Phi) is 5.42. The van der Waals surface area contributed by atoms with Gasteiger partial charge in [-0.05, 0) is 59.5 Å². The molecule has 0 atom stereocenters. The Morgan fingerprint density at radius 1 is 0.926 bits per heavy atom. The van der Waals surface area contributed by atoms with Crippen LogP contribution in [0.15, 0.2) is 82.9 Å². The topological polar surface area (TPSA) is 29.3 Å². The van der Waals surface area contributed by atoms with Crippen LogP contribution >= 0.6 is 11.3 Å². The van der Waals surface area contributed by atoms with Crippen molar-refractivity contribution in [3.05, 3.63) is 100 Å². The molecule has 4 aromatic rings. The third-order valence-corrected chi connectivity index (χ3v) is 5.12. The maximum Gasteiger partial charge on any atom is 0.134 e. The summed E-state index contributed by atoms with van der Waals surface area (Å²) in [5.41, 5.74) is 2.04. The number of halogens is 1. The number of thiophene rings is 1. The van der Waals surface area contributed by atoms with Gasteiger partial charge < -0.3 is 4.42 Å². The van der Waals surface area contributed by atoms with E-state index >= 15 is 0 Å². The normalized spacial score (nSPS) is 11.2. The highest BCUT2D eigenvalue weighted by atomic mass is 32.1. The number of hydrogen-bond donors (Lipinski definition) is 0. The Balaban J connectivity index is 1.51. The van der Waals surface area contributed by atoms with Crippen LogP contribution in [-0.2, 0) is 19.6 Å². The van der Waals surface area contributed by atoms with Crippen molar-refractivity contribution in [3.8, 4) is 11.3 Å². The van der Waals surface area contributed by atoms with Crippen molar-refractivity contribution in [2.45, 2.75) is 19.6 Å². The Bertz CT molecular complexity index is 965. The van der Waals surface area contributed by atoms with Gasteiger partial charge >= 0.3 is 0 Å². The first-order chi connectivity index (χ1) is 13.3. The van der Waals surface area contributed by atoms with Gasteiger partial charge in [-0.1, -0.05) is 12.1 Å². The molecule has 0 amide bonds. The molecule has 0 saturated carbocycles. The first kappa shape index (κ1) is 17.6. The largest absolute Gasteiger partial charge is 0.460 e. The van der Waals surface area contributed by atoms with Gasteiger partial charge in [-0.15, -0.1) is 11.3 Å². The molecule has 3 nitrogen and oxygen atoms in total. The number of nitrogens with zero attached hydrogens (tertiary/aromatic N) is 2. The molecule has 0 N–H and O–H groups in total. The zero-order valence-electron chi connectivity index (χ0n) is 14.7. The lowest BCUT2D eigenvalue weighted by Crippen LogP contribution is -2.21. The molecule has 4 rings (SSSR count). The highest BCUT2D eigenvalue weighted by molar-refractivity contribution is 7.09. The second-order valence-corrected chi connectivity index (χ2v) is 7.39. The summed E-state index contributed by atoms with van der Waals surface area (Å²) in [5.74, 6) is 1.39. The molecule has 27 heavy (non-hydrogen) atoms. The van der Waals surface area contributed by atoms with E-state index in [1.54, 1.807) is 29.7 Å². The van der Waals surface area contributed by atoms with E-state index in [-0.39, 0.29) is 5.82 Å². The molecule has 0 aliphatic heterocycles. The Labute approximate surface area is 161 Å². The van der Waals surface area contributed by atoms with Gasteiger partial charge in [-0.25, -0.2) is 4.39 Å². The lowest BCUT2D eigenvalue weighted by atomic mass is 10.2. The van der Waals surface area contributed by atoms with Crippen LogP contribution < -0.4 is 0 Å². The lowest BCUT2D eigenvalue weighted by Gasteiger charge is -2.20. The van der Waals surface area contributed by atoms with Gasteiger partial charge in [0.2, 0.25) is 0 Å². The molecular formula is C22H19FN2OS. The number of pyridine rings is 1. The van der Waals surface area contributed by atoms with E-state index < -0.39 is 0 Å². The third-order valence-electron chi connectivity index (χ3n) is 4.26. The highest BCUT2D eigenvalue weighted by Crippen LogP contribution is 2.24.